The van der Waals surface area contributed by atoms with E-state index in [-0.39, 0.29) is 30.7 Å². The Bertz CT molecular complexity index is 1100. The van der Waals surface area contributed by atoms with E-state index in [9.17, 15) is 18.0 Å². The number of hydrogen-bond donors (Lipinski definition) is 1. The molecule has 32 heavy (non-hydrogen) atoms. The van der Waals surface area contributed by atoms with Gasteiger partial charge in [0.1, 0.15) is 0 Å². The number of amides is 1. The summed E-state index contributed by atoms with van der Waals surface area (Å²) in [5.41, 5.74) is 2.37. The molecular weight excluding hydrogens is 452 g/mol. The van der Waals surface area contributed by atoms with Crippen molar-refractivity contribution in [3.63, 3.8) is 0 Å². The number of nitrogens with one attached hydrogen (secondary N) is 1. The summed E-state index contributed by atoms with van der Waals surface area (Å²) in [5, 5.41) is 3.33. The van der Waals surface area contributed by atoms with Crippen LogP contribution in [0.25, 0.3) is 0 Å². The van der Waals surface area contributed by atoms with Gasteiger partial charge in [-0.15, -0.1) is 0 Å². The van der Waals surface area contributed by atoms with Crippen LogP contribution in [0.4, 0.5) is 5.69 Å². The van der Waals surface area contributed by atoms with Crippen LogP contribution >= 0.6 is 11.6 Å². The number of piperidine rings is 1. The molecule has 0 saturated carbocycles. The monoisotopic (exact) mass is 478 g/mol. The van der Waals surface area contributed by atoms with Crippen molar-refractivity contribution in [2.75, 3.05) is 25.0 Å². The fraction of sp³-hybridized carbons (Fsp3) is 0.391. The summed E-state index contributed by atoms with van der Waals surface area (Å²) in [6.45, 7) is 4.41. The fourth-order valence-electron chi connectivity index (χ4n) is 3.68. The third kappa shape index (κ3) is 5.88. The second kappa shape index (κ2) is 10.5. The first kappa shape index (κ1) is 24.2. The lowest BCUT2D eigenvalue weighted by Gasteiger charge is -2.30. The SMILES string of the molecule is CCOC(=O)c1ccc(NC(=O)C2CCN(S(=O)(=O)Cc3ccccc3Cl)CC2)c(C)c1. The van der Waals surface area contributed by atoms with Crippen LogP contribution in [-0.4, -0.2) is 44.3 Å². The van der Waals surface area contributed by atoms with E-state index < -0.39 is 16.0 Å². The van der Waals surface area contributed by atoms with Crippen molar-refractivity contribution in [3.8, 4) is 0 Å². The fourth-order valence-corrected chi connectivity index (χ4v) is 5.56. The first-order chi connectivity index (χ1) is 15.2. The van der Waals surface area contributed by atoms with E-state index in [2.05, 4.69) is 5.32 Å². The lowest BCUT2D eigenvalue weighted by molar-refractivity contribution is -0.120. The minimum absolute atomic E-state index is 0.153. The van der Waals surface area contributed by atoms with Gasteiger partial charge in [-0.2, -0.15) is 0 Å². The number of ether oxygens (including phenoxy) is 1. The van der Waals surface area contributed by atoms with E-state index in [1.807, 2.05) is 6.92 Å². The summed E-state index contributed by atoms with van der Waals surface area (Å²) in [7, 11) is -3.52. The molecule has 0 bridgehead atoms. The lowest BCUT2D eigenvalue weighted by Crippen LogP contribution is -2.42. The van der Waals surface area contributed by atoms with Gasteiger partial charge in [0.25, 0.3) is 0 Å². The highest BCUT2D eigenvalue weighted by molar-refractivity contribution is 7.88. The summed E-state index contributed by atoms with van der Waals surface area (Å²) < 4.78 is 32.0. The number of esters is 1. The normalized spacial score (nSPS) is 15.3. The average molecular weight is 479 g/mol. The Labute approximate surface area is 193 Å². The van der Waals surface area contributed by atoms with Gasteiger partial charge in [-0.1, -0.05) is 29.8 Å². The Morgan fingerprint density at radius 1 is 1.16 bits per heavy atom. The van der Waals surface area contributed by atoms with Gasteiger partial charge in [-0.05, 0) is 62.1 Å². The number of aryl methyl sites for hydroxylation is 1. The van der Waals surface area contributed by atoms with Crippen LogP contribution in [0.3, 0.4) is 0 Å². The topological polar surface area (TPSA) is 92.8 Å². The highest BCUT2D eigenvalue weighted by Crippen LogP contribution is 2.26. The number of nitrogens with zero attached hydrogens (tertiary/aromatic N) is 1. The number of carbonyl (C=O) groups is 2. The van der Waals surface area contributed by atoms with Crippen LogP contribution in [0, 0.1) is 12.8 Å². The molecule has 9 heteroatoms. The molecule has 0 aliphatic carbocycles. The predicted molar refractivity (Wildman–Crippen MR) is 124 cm³/mol. The summed E-state index contributed by atoms with van der Waals surface area (Å²) in [6, 6.07) is 11.9. The van der Waals surface area contributed by atoms with E-state index in [0.717, 1.165) is 5.56 Å². The highest BCUT2D eigenvalue weighted by atomic mass is 35.5. The van der Waals surface area contributed by atoms with Gasteiger partial charge in [0.15, 0.2) is 0 Å². The van der Waals surface area contributed by atoms with E-state index in [4.69, 9.17) is 16.3 Å². The largest absolute Gasteiger partial charge is 0.462 e. The summed E-state index contributed by atoms with van der Waals surface area (Å²) in [5.74, 6) is -1.000. The van der Waals surface area contributed by atoms with E-state index in [1.165, 1.54) is 4.31 Å². The van der Waals surface area contributed by atoms with Crippen molar-refractivity contribution in [1.29, 1.82) is 0 Å². The molecule has 2 aromatic rings. The van der Waals surface area contributed by atoms with E-state index >= 15 is 0 Å². The molecule has 0 unspecified atom stereocenters. The molecule has 1 fully saturated rings. The standard InChI is InChI=1S/C23H27ClN2O5S/c1-3-31-23(28)18-8-9-21(16(2)14-18)25-22(27)17-10-12-26(13-11-17)32(29,30)15-19-6-4-5-7-20(19)24/h4-9,14,17H,3,10-13,15H2,1-2H3,(H,25,27). The first-order valence-corrected chi connectivity index (χ1v) is 12.5. The second-order valence-electron chi connectivity index (χ2n) is 7.76. The third-order valence-electron chi connectivity index (χ3n) is 5.51. The molecule has 1 amide bonds. The Kier molecular flexibility index (Phi) is 7.92. The smallest absolute Gasteiger partial charge is 0.338 e. The van der Waals surface area contributed by atoms with Gasteiger partial charge in [0.2, 0.25) is 15.9 Å². The first-order valence-electron chi connectivity index (χ1n) is 10.5. The molecule has 7 nitrogen and oxygen atoms in total. The van der Waals surface area contributed by atoms with Crippen LogP contribution in [0.2, 0.25) is 5.02 Å². The summed E-state index contributed by atoms with van der Waals surface area (Å²) in [6.07, 6.45) is 0.876. The molecule has 2 aromatic carbocycles. The Morgan fingerprint density at radius 3 is 2.47 bits per heavy atom. The predicted octanol–water partition coefficient (Wildman–Crippen LogP) is 4.01. The number of benzene rings is 2. The number of rotatable bonds is 7. The number of anilines is 1. The van der Waals surface area contributed by atoms with Crippen molar-refractivity contribution in [2.45, 2.75) is 32.4 Å². The molecule has 0 aromatic heterocycles. The molecular formula is C23H27ClN2O5S. The number of halogens is 1. The van der Waals surface area contributed by atoms with E-state index in [0.29, 0.717) is 41.3 Å². The maximum Gasteiger partial charge on any atom is 0.338 e. The second-order valence-corrected chi connectivity index (χ2v) is 10.1. The van der Waals surface area contributed by atoms with Gasteiger partial charge < -0.3 is 10.1 Å². The molecule has 1 aliphatic heterocycles. The number of carbonyl (C=O) groups excluding carboxylic acids is 2. The molecule has 1 N–H and O–H groups in total. The van der Waals surface area contributed by atoms with Crippen LogP contribution in [0.1, 0.15) is 41.3 Å². The zero-order valence-corrected chi connectivity index (χ0v) is 19.7. The Hall–Kier alpha value is -2.42. The molecule has 1 aliphatic rings. The van der Waals surface area contributed by atoms with Gasteiger partial charge >= 0.3 is 5.97 Å². The quantitative estimate of drug-likeness (QED) is 0.607. The Morgan fingerprint density at radius 2 is 1.84 bits per heavy atom. The van der Waals surface area contributed by atoms with Crippen LogP contribution in [-0.2, 0) is 25.3 Å². The molecule has 172 valence electrons. The average Bonchev–Trinajstić information content (AvgIpc) is 2.77. The van der Waals surface area contributed by atoms with Crippen molar-refractivity contribution in [1.82, 2.24) is 4.31 Å². The lowest BCUT2D eigenvalue weighted by atomic mass is 9.97. The minimum atomic E-state index is -3.52. The maximum atomic E-state index is 12.8. The van der Waals surface area contributed by atoms with E-state index in [1.54, 1.807) is 49.4 Å². The summed E-state index contributed by atoms with van der Waals surface area (Å²) in [4.78, 5) is 24.6. The Balaban J connectivity index is 1.57. The van der Waals surface area contributed by atoms with Gasteiger partial charge in [0.05, 0.1) is 17.9 Å². The zero-order valence-electron chi connectivity index (χ0n) is 18.1. The van der Waals surface area contributed by atoms with Crippen LogP contribution < -0.4 is 5.32 Å². The van der Waals surface area contributed by atoms with Crippen molar-refractivity contribution in [2.24, 2.45) is 5.92 Å². The van der Waals surface area contributed by atoms with Crippen molar-refractivity contribution in [3.05, 3.63) is 64.2 Å². The highest BCUT2D eigenvalue weighted by Gasteiger charge is 2.31. The molecule has 0 atom stereocenters. The molecule has 3 rings (SSSR count). The molecule has 1 saturated heterocycles. The third-order valence-corrected chi connectivity index (χ3v) is 7.71. The van der Waals surface area contributed by atoms with Gasteiger partial charge in [-0.25, -0.2) is 17.5 Å². The van der Waals surface area contributed by atoms with Gasteiger partial charge in [-0.3, -0.25) is 4.79 Å². The number of sulfonamides is 1. The van der Waals surface area contributed by atoms with Crippen LogP contribution in [0.15, 0.2) is 42.5 Å². The van der Waals surface area contributed by atoms with Crippen molar-refractivity contribution < 1.29 is 22.7 Å². The molecule has 0 radical (unpaired) electrons. The summed E-state index contributed by atoms with van der Waals surface area (Å²) >= 11 is 6.10. The number of hydrogen-bond acceptors (Lipinski definition) is 5. The zero-order chi connectivity index (χ0) is 23.3. The van der Waals surface area contributed by atoms with Crippen molar-refractivity contribution >= 4 is 39.2 Å². The van der Waals surface area contributed by atoms with Crippen LogP contribution in [0.5, 0.6) is 0 Å². The minimum Gasteiger partial charge on any atom is -0.462 e. The molecule has 0 spiro atoms. The molecule has 1 heterocycles. The maximum absolute atomic E-state index is 12.8. The van der Waals surface area contributed by atoms with Gasteiger partial charge in [0, 0.05) is 29.7 Å².